The molecule has 0 saturated heterocycles. The van der Waals surface area contributed by atoms with E-state index in [1.165, 1.54) is 0 Å². The number of aliphatic hydroxyl groups is 1. The summed E-state index contributed by atoms with van der Waals surface area (Å²) in [7, 11) is 0. The van der Waals surface area contributed by atoms with Gasteiger partial charge in [0.15, 0.2) is 0 Å². The summed E-state index contributed by atoms with van der Waals surface area (Å²) < 4.78 is 0. The van der Waals surface area contributed by atoms with Gasteiger partial charge in [0.2, 0.25) is 0 Å². The quantitative estimate of drug-likeness (QED) is 0.178. The molecule has 0 amide bonds. The fourth-order valence-corrected chi connectivity index (χ4v) is 5.58. The predicted molar refractivity (Wildman–Crippen MR) is 170 cm³/mol. The van der Waals surface area contributed by atoms with Gasteiger partial charge in [-0.1, -0.05) is 42.5 Å². The average Bonchev–Trinajstić information content (AvgIpc) is 3.83. The first kappa shape index (κ1) is 27.8. The fraction of sp³-hybridized carbons (Fsp3) is 0.111. The van der Waals surface area contributed by atoms with Crippen LogP contribution in [0.15, 0.2) is 72.8 Å². The first-order valence-corrected chi connectivity index (χ1v) is 13.8. The van der Waals surface area contributed by atoms with Crippen LogP contribution in [0.4, 0.5) is 0 Å². The van der Waals surface area contributed by atoms with Gasteiger partial charge in [-0.25, -0.2) is 9.97 Å². The summed E-state index contributed by atoms with van der Waals surface area (Å²) in [5.74, 6) is 0. The van der Waals surface area contributed by atoms with Crippen LogP contribution in [0.25, 0.3) is 68.6 Å². The van der Waals surface area contributed by atoms with Crippen LogP contribution < -0.4 is 0 Å². The van der Waals surface area contributed by atoms with Crippen molar-refractivity contribution in [2.75, 3.05) is 0 Å². The summed E-state index contributed by atoms with van der Waals surface area (Å²) in [5.41, 5.74) is 16.5. The molecule has 0 aliphatic carbocycles. The molecule has 7 rings (SSSR count). The molecule has 42 heavy (non-hydrogen) atoms. The minimum absolute atomic E-state index is 0. The summed E-state index contributed by atoms with van der Waals surface area (Å²) in [6.07, 6.45) is 8.33. The summed E-state index contributed by atoms with van der Waals surface area (Å²) in [6, 6.07) is 25.3. The van der Waals surface area contributed by atoms with Gasteiger partial charge in [-0.15, -0.1) is 0 Å². The zero-order valence-corrected chi connectivity index (χ0v) is 27.0. The number of aliphatic hydroxyl groups excluding tert-OH is 1. The Morgan fingerprint density at radius 1 is 0.595 bits per heavy atom. The van der Waals surface area contributed by atoms with Crippen molar-refractivity contribution < 1.29 is 24.6 Å². The largest absolute Gasteiger partial charge is 0.392 e. The smallest absolute Gasteiger partial charge is 0.0688 e. The summed E-state index contributed by atoms with van der Waals surface area (Å²) in [6.45, 7) is 6.36. The molecule has 6 heteroatoms. The van der Waals surface area contributed by atoms with E-state index in [1.54, 1.807) is 0 Å². The Kier molecular flexibility index (Phi) is 7.36. The molecular formula is C36H30N4OZn. The molecule has 8 bridgehead atoms. The third kappa shape index (κ3) is 4.98. The Morgan fingerprint density at radius 2 is 1.24 bits per heavy atom. The van der Waals surface area contributed by atoms with E-state index in [0.717, 1.165) is 89.4 Å². The molecule has 202 valence electrons. The molecular weight excluding hydrogens is 570 g/mol. The average molecular weight is 600 g/mol. The first-order chi connectivity index (χ1) is 20.0. The standard InChI is InChI=1S/C36H30N4O.Zn/c1-21-31-12-11-28(37-31)18-29-19-30(27-6-4-5-26(17-27)25-9-7-24(20-41)8-10-25)36(38-29)23(3)35-16-15-34(40-35)22(2)33-14-13-32(21)39-33;/h4-19,37-38,41H,20H2,1-3H3;. The maximum Gasteiger partial charge on any atom is 0.0688 e. The number of nitrogens with zero attached hydrogens (tertiary/aromatic N) is 2. The van der Waals surface area contributed by atoms with E-state index in [4.69, 9.17) is 9.97 Å². The van der Waals surface area contributed by atoms with E-state index in [1.807, 2.05) is 12.1 Å². The second kappa shape index (κ2) is 11.1. The number of rotatable bonds is 3. The number of hydrogen-bond acceptors (Lipinski definition) is 3. The minimum atomic E-state index is 0. The zero-order valence-electron chi connectivity index (χ0n) is 24.0. The van der Waals surface area contributed by atoms with E-state index in [0.29, 0.717) is 0 Å². The molecule has 2 aliphatic heterocycles. The van der Waals surface area contributed by atoms with Crippen molar-refractivity contribution >= 4 is 46.4 Å². The SMILES string of the molecule is Cc1c2nc(c(C)c3ccc(cc4cc(-c5cccc(-c6ccc(CO)cc6)c5)c([nH]4)c(C)c4nc1C=C4)[nH]3)C=C2.[Zn]. The number of aryl methyl sites for hydroxylation is 2. The van der Waals surface area contributed by atoms with E-state index in [9.17, 15) is 5.11 Å². The van der Waals surface area contributed by atoms with Crippen LogP contribution in [0.3, 0.4) is 0 Å². The van der Waals surface area contributed by atoms with Gasteiger partial charge in [-0.3, -0.25) is 0 Å². The van der Waals surface area contributed by atoms with Crippen LogP contribution in [0, 0.1) is 20.8 Å². The second-order valence-electron chi connectivity index (χ2n) is 10.7. The molecule has 2 aliphatic rings. The molecule has 0 saturated carbocycles. The normalized spacial score (nSPS) is 12.0. The van der Waals surface area contributed by atoms with Crippen LogP contribution in [0.1, 0.15) is 45.0 Å². The number of aromatic amines is 2. The Hall–Kier alpha value is -4.38. The molecule has 2 aromatic carbocycles. The van der Waals surface area contributed by atoms with Gasteiger partial charge >= 0.3 is 0 Å². The molecule has 5 heterocycles. The van der Waals surface area contributed by atoms with Gasteiger partial charge < -0.3 is 15.1 Å². The van der Waals surface area contributed by atoms with Gasteiger partial charge in [0, 0.05) is 47.2 Å². The minimum Gasteiger partial charge on any atom is -0.392 e. The van der Waals surface area contributed by atoms with E-state index in [-0.39, 0.29) is 26.1 Å². The number of hydrogen-bond donors (Lipinski definition) is 3. The van der Waals surface area contributed by atoms with Crippen molar-refractivity contribution in [3.05, 3.63) is 118 Å². The molecule has 0 fully saturated rings. The molecule has 0 atom stereocenters. The molecule has 5 aromatic rings. The first-order valence-electron chi connectivity index (χ1n) is 13.8. The third-order valence-electron chi connectivity index (χ3n) is 8.10. The topological polar surface area (TPSA) is 77.6 Å². The Morgan fingerprint density at radius 3 is 1.93 bits per heavy atom. The van der Waals surface area contributed by atoms with Crippen molar-refractivity contribution in [2.24, 2.45) is 0 Å². The molecule has 5 nitrogen and oxygen atoms in total. The van der Waals surface area contributed by atoms with E-state index < -0.39 is 0 Å². The zero-order chi connectivity index (χ0) is 28.1. The second-order valence-corrected chi connectivity index (χ2v) is 10.7. The van der Waals surface area contributed by atoms with Crippen molar-refractivity contribution in [1.82, 2.24) is 19.9 Å². The van der Waals surface area contributed by atoms with Gasteiger partial charge in [-0.05, 0) is 109 Å². The number of aromatic nitrogens is 4. The molecule has 3 aromatic heterocycles. The summed E-state index contributed by atoms with van der Waals surface area (Å²) in [5, 5.41) is 9.45. The molecule has 0 unspecified atom stereocenters. The van der Waals surface area contributed by atoms with Crippen LogP contribution in [-0.4, -0.2) is 25.0 Å². The van der Waals surface area contributed by atoms with E-state index >= 15 is 0 Å². The summed E-state index contributed by atoms with van der Waals surface area (Å²) in [4.78, 5) is 17.2. The van der Waals surface area contributed by atoms with Gasteiger partial charge in [0.25, 0.3) is 0 Å². The Balaban J connectivity index is 0.00000316. The van der Waals surface area contributed by atoms with Crippen LogP contribution in [-0.2, 0) is 26.1 Å². The number of benzene rings is 2. The summed E-state index contributed by atoms with van der Waals surface area (Å²) >= 11 is 0. The molecule has 0 spiro atoms. The van der Waals surface area contributed by atoms with E-state index in [2.05, 4.69) is 116 Å². The van der Waals surface area contributed by atoms with Gasteiger partial charge in [0.1, 0.15) is 0 Å². The Labute approximate surface area is 257 Å². The number of H-pyrrole nitrogens is 2. The van der Waals surface area contributed by atoms with Crippen LogP contribution in [0.2, 0.25) is 0 Å². The van der Waals surface area contributed by atoms with Crippen molar-refractivity contribution in [3.63, 3.8) is 0 Å². The Bertz CT molecular complexity index is 2060. The van der Waals surface area contributed by atoms with Crippen LogP contribution >= 0.6 is 0 Å². The third-order valence-corrected chi connectivity index (χ3v) is 8.10. The molecule has 3 N–H and O–H groups in total. The van der Waals surface area contributed by atoms with Crippen molar-refractivity contribution in [2.45, 2.75) is 27.4 Å². The monoisotopic (exact) mass is 598 g/mol. The number of nitrogens with one attached hydrogen (secondary N) is 2. The van der Waals surface area contributed by atoms with Gasteiger partial charge in [-0.2, -0.15) is 0 Å². The maximum absolute atomic E-state index is 9.45. The van der Waals surface area contributed by atoms with Gasteiger partial charge in [0.05, 0.1) is 34.9 Å². The van der Waals surface area contributed by atoms with Crippen molar-refractivity contribution in [3.8, 4) is 22.3 Å². The van der Waals surface area contributed by atoms with Crippen LogP contribution in [0.5, 0.6) is 0 Å². The number of fused-ring (bicyclic) bond motifs is 8. The predicted octanol–water partition coefficient (Wildman–Crippen LogP) is 8.40. The van der Waals surface area contributed by atoms with Crippen molar-refractivity contribution in [1.29, 1.82) is 0 Å². The fourth-order valence-electron chi connectivity index (χ4n) is 5.58. The molecule has 0 radical (unpaired) electrons. The maximum atomic E-state index is 9.45.